The van der Waals surface area contributed by atoms with Crippen LogP contribution in [0.3, 0.4) is 0 Å². The van der Waals surface area contributed by atoms with Crippen LogP contribution in [-0.4, -0.2) is 9.97 Å². The molecule has 1 unspecified atom stereocenters. The van der Waals surface area contributed by atoms with Gasteiger partial charge >= 0.3 is 0 Å². The third kappa shape index (κ3) is 2.21. The van der Waals surface area contributed by atoms with Crippen molar-refractivity contribution in [1.82, 2.24) is 9.97 Å². The molecule has 1 aromatic carbocycles. The number of benzene rings is 1. The van der Waals surface area contributed by atoms with Crippen LogP contribution >= 0.6 is 11.6 Å². The van der Waals surface area contributed by atoms with Crippen molar-refractivity contribution in [3.05, 3.63) is 58.6 Å². The quantitative estimate of drug-likeness (QED) is 0.867. The van der Waals surface area contributed by atoms with Gasteiger partial charge in [0.15, 0.2) is 0 Å². The third-order valence-electron chi connectivity index (χ3n) is 2.51. The van der Waals surface area contributed by atoms with Crippen LogP contribution < -0.4 is 5.73 Å². The van der Waals surface area contributed by atoms with Crippen molar-refractivity contribution in [3.63, 3.8) is 0 Å². The van der Waals surface area contributed by atoms with E-state index in [0.29, 0.717) is 0 Å². The minimum atomic E-state index is -0.210. The second kappa shape index (κ2) is 4.60. The van der Waals surface area contributed by atoms with E-state index in [2.05, 4.69) is 9.97 Å². The van der Waals surface area contributed by atoms with Crippen molar-refractivity contribution < 1.29 is 0 Å². The van der Waals surface area contributed by atoms with Crippen LogP contribution in [-0.2, 0) is 0 Å². The van der Waals surface area contributed by atoms with Crippen molar-refractivity contribution in [1.29, 1.82) is 0 Å². The Morgan fingerprint density at radius 3 is 2.56 bits per heavy atom. The molecule has 0 aliphatic heterocycles. The molecule has 82 valence electrons. The van der Waals surface area contributed by atoms with Crippen molar-refractivity contribution in [2.75, 3.05) is 0 Å². The Bertz CT molecular complexity index is 485. The number of rotatable bonds is 2. The SMILES string of the molecule is Cc1cc(Cl)ccc1C(N)c1cncnc1. The number of nitrogens with zero attached hydrogens (tertiary/aromatic N) is 2. The van der Waals surface area contributed by atoms with Gasteiger partial charge in [0, 0.05) is 23.0 Å². The Labute approximate surface area is 99.3 Å². The standard InChI is InChI=1S/C12H12ClN3/c1-8-4-10(13)2-3-11(8)12(14)9-5-15-7-16-6-9/h2-7,12H,14H2,1H3. The Balaban J connectivity index is 2.38. The lowest BCUT2D eigenvalue weighted by atomic mass is 9.98. The van der Waals surface area contributed by atoms with Crippen LogP contribution in [0, 0.1) is 6.92 Å². The van der Waals surface area contributed by atoms with Gasteiger partial charge in [0.05, 0.1) is 6.04 Å². The molecule has 1 heterocycles. The Morgan fingerprint density at radius 2 is 1.94 bits per heavy atom. The van der Waals surface area contributed by atoms with E-state index in [1.54, 1.807) is 12.4 Å². The molecule has 3 nitrogen and oxygen atoms in total. The Morgan fingerprint density at radius 1 is 1.25 bits per heavy atom. The molecule has 0 radical (unpaired) electrons. The fraction of sp³-hybridized carbons (Fsp3) is 0.167. The molecule has 1 aromatic heterocycles. The van der Waals surface area contributed by atoms with Gasteiger partial charge in [-0.1, -0.05) is 17.7 Å². The average molecular weight is 234 g/mol. The summed E-state index contributed by atoms with van der Waals surface area (Å²) in [4.78, 5) is 7.92. The largest absolute Gasteiger partial charge is 0.320 e. The summed E-state index contributed by atoms with van der Waals surface area (Å²) in [6.07, 6.45) is 4.95. The summed E-state index contributed by atoms with van der Waals surface area (Å²) < 4.78 is 0. The second-order valence-electron chi connectivity index (χ2n) is 3.65. The molecule has 0 amide bonds. The highest BCUT2D eigenvalue weighted by Gasteiger charge is 2.11. The fourth-order valence-corrected chi connectivity index (χ4v) is 1.87. The van der Waals surface area contributed by atoms with E-state index in [-0.39, 0.29) is 6.04 Å². The van der Waals surface area contributed by atoms with Gasteiger partial charge in [-0.25, -0.2) is 9.97 Å². The Kier molecular flexibility index (Phi) is 3.17. The summed E-state index contributed by atoms with van der Waals surface area (Å²) >= 11 is 5.90. The van der Waals surface area contributed by atoms with Crippen LogP contribution in [0.15, 0.2) is 36.9 Å². The summed E-state index contributed by atoms with van der Waals surface area (Å²) in [5.41, 5.74) is 9.15. The fourth-order valence-electron chi connectivity index (χ4n) is 1.64. The van der Waals surface area contributed by atoms with Crippen molar-refractivity contribution >= 4 is 11.6 Å². The van der Waals surface area contributed by atoms with E-state index in [1.165, 1.54) is 6.33 Å². The van der Waals surface area contributed by atoms with Gasteiger partial charge in [-0.15, -0.1) is 0 Å². The molecule has 0 spiro atoms. The second-order valence-corrected chi connectivity index (χ2v) is 4.09. The smallest absolute Gasteiger partial charge is 0.115 e. The van der Waals surface area contributed by atoms with E-state index in [9.17, 15) is 0 Å². The first kappa shape index (κ1) is 11.0. The molecule has 0 bridgehead atoms. The minimum Gasteiger partial charge on any atom is -0.320 e. The molecule has 0 saturated carbocycles. The van der Waals surface area contributed by atoms with Crippen molar-refractivity contribution in [2.24, 2.45) is 5.73 Å². The summed E-state index contributed by atoms with van der Waals surface area (Å²) in [5, 5.41) is 0.720. The number of halogens is 1. The van der Waals surface area contributed by atoms with E-state index >= 15 is 0 Å². The van der Waals surface area contributed by atoms with Crippen LogP contribution in [0.4, 0.5) is 0 Å². The van der Waals surface area contributed by atoms with Gasteiger partial charge < -0.3 is 5.73 Å². The predicted molar refractivity (Wildman–Crippen MR) is 64.3 cm³/mol. The number of aryl methyl sites for hydroxylation is 1. The van der Waals surface area contributed by atoms with Gasteiger partial charge in [0.2, 0.25) is 0 Å². The van der Waals surface area contributed by atoms with Gasteiger partial charge in [-0.05, 0) is 30.2 Å². The maximum absolute atomic E-state index is 6.14. The lowest BCUT2D eigenvalue weighted by Crippen LogP contribution is -2.13. The average Bonchev–Trinajstić information content (AvgIpc) is 2.29. The van der Waals surface area contributed by atoms with E-state index in [4.69, 9.17) is 17.3 Å². The highest BCUT2D eigenvalue weighted by atomic mass is 35.5. The Hall–Kier alpha value is -1.45. The van der Waals surface area contributed by atoms with Gasteiger partial charge in [0.1, 0.15) is 6.33 Å². The molecule has 16 heavy (non-hydrogen) atoms. The number of hydrogen-bond acceptors (Lipinski definition) is 3. The third-order valence-corrected chi connectivity index (χ3v) is 2.74. The molecule has 2 aromatic rings. The van der Waals surface area contributed by atoms with E-state index in [1.807, 2.05) is 25.1 Å². The molecule has 0 aliphatic carbocycles. The number of nitrogens with two attached hydrogens (primary N) is 1. The lowest BCUT2D eigenvalue weighted by molar-refractivity contribution is 0.842. The summed E-state index contributed by atoms with van der Waals surface area (Å²) in [6.45, 7) is 1.99. The first-order chi connectivity index (χ1) is 7.68. The molecule has 1 atom stereocenters. The molecule has 2 N–H and O–H groups in total. The molecule has 0 aliphatic rings. The first-order valence-electron chi connectivity index (χ1n) is 4.95. The first-order valence-corrected chi connectivity index (χ1v) is 5.33. The van der Waals surface area contributed by atoms with Gasteiger partial charge in [0.25, 0.3) is 0 Å². The highest BCUT2D eigenvalue weighted by Crippen LogP contribution is 2.23. The van der Waals surface area contributed by atoms with Gasteiger partial charge in [-0.3, -0.25) is 0 Å². The van der Waals surface area contributed by atoms with E-state index in [0.717, 1.165) is 21.7 Å². The predicted octanol–water partition coefficient (Wildman–Crippen LogP) is 2.49. The van der Waals surface area contributed by atoms with Crippen molar-refractivity contribution in [3.8, 4) is 0 Å². The molecule has 0 fully saturated rings. The minimum absolute atomic E-state index is 0.210. The van der Waals surface area contributed by atoms with Crippen molar-refractivity contribution in [2.45, 2.75) is 13.0 Å². The summed E-state index contributed by atoms with van der Waals surface area (Å²) in [5.74, 6) is 0. The number of aromatic nitrogens is 2. The van der Waals surface area contributed by atoms with E-state index < -0.39 is 0 Å². The molecule has 2 rings (SSSR count). The van der Waals surface area contributed by atoms with Gasteiger partial charge in [-0.2, -0.15) is 0 Å². The normalized spacial score (nSPS) is 12.4. The molecular weight excluding hydrogens is 222 g/mol. The molecular formula is C12H12ClN3. The molecule has 4 heteroatoms. The zero-order valence-corrected chi connectivity index (χ0v) is 9.65. The molecule has 0 saturated heterocycles. The number of hydrogen-bond donors (Lipinski definition) is 1. The summed E-state index contributed by atoms with van der Waals surface area (Å²) in [7, 11) is 0. The topological polar surface area (TPSA) is 51.8 Å². The maximum atomic E-state index is 6.14. The van der Waals surface area contributed by atoms with Crippen LogP contribution in [0.2, 0.25) is 5.02 Å². The maximum Gasteiger partial charge on any atom is 0.115 e. The van der Waals surface area contributed by atoms with Crippen LogP contribution in [0.1, 0.15) is 22.7 Å². The van der Waals surface area contributed by atoms with Crippen LogP contribution in [0.25, 0.3) is 0 Å². The lowest BCUT2D eigenvalue weighted by Gasteiger charge is -2.14. The zero-order valence-electron chi connectivity index (χ0n) is 8.89. The zero-order chi connectivity index (χ0) is 11.5. The monoisotopic (exact) mass is 233 g/mol. The summed E-state index contributed by atoms with van der Waals surface area (Å²) in [6, 6.07) is 5.47. The van der Waals surface area contributed by atoms with Crippen LogP contribution in [0.5, 0.6) is 0 Å². The highest BCUT2D eigenvalue weighted by molar-refractivity contribution is 6.30.